The minimum Gasteiger partial charge on any atom is -0.331 e. The number of hydrogen-bond donors (Lipinski definition) is 1. The summed E-state index contributed by atoms with van der Waals surface area (Å²) in [6, 6.07) is 8.71. The molecule has 0 saturated carbocycles. The molecule has 5 nitrogen and oxygen atoms in total. The number of fused-ring (bicyclic) bond motifs is 1. The van der Waals surface area contributed by atoms with Crippen LogP contribution in [0.5, 0.6) is 0 Å². The molecule has 1 atom stereocenters. The Morgan fingerprint density at radius 1 is 1.15 bits per heavy atom. The standard InChI is InChI=1S/C15H19N5/c1-10-11(2)18-19-15(17-10)20-9-13-6-4-3-5-12(13)7-14(20)8-16/h3-6,14H,7-9,16H2,1-2H3. The molecule has 20 heavy (non-hydrogen) atoms. The monoisotopic (exact) mass is 269 g/mol. The zero-order valence-electron chi connectivity index (χ0n) is 11.9. The summed E-state index contributed by atoms with van der Waals surface area (Å²) >= 11 is 0. The highest BCUT2D eigenvalue weighted by molar-refractivity contribution is 5.42. The molecule has 2 heterocycles. The average Bonchev–Trinajstić information content (AvgIpc) is 2.48. The third-order valence-electron chi connectivity index (χ3n) is 3.97. The van der Waals surface area contributed by atoms with Crippen molar-refractivity contribution in [3.05, 3.63) is 46.8 Å². The van der Waals surface area contributed by atoms with E-state index in [-0.39, 0.29) is 6.04 Å². The number of aromatic nitrogens is 3. The highest BCUT2D eigenvalue weighted by atomic mass is 15.3. The van der Waals surface area contributed by atoms with Crippen molar-refractivity contribution < 1.29 is 0 Å². The van der Waals surface area contributed by atoms with Crippen molar-refractivity contribution in [2.75, 3.05) is 11.4 Å². The van der Waals surface area contributed by atoms with Crippen molar-refractivity contribution in [2.24, 2.45) is 5.73 Å². The Bertz CT molecular complexity index is 625. The van der Waals surface area contributed by atoms with E-state index in [4.69, 9.17) is 5.73 Å². The van der Waals surface area contributed by atoms with E-state index < -0.39 is 0 Å². The Kier molecular flexibility index (Phi) is 3.36. The molecule has 1 aromatic carbocycles. The first kappa shape index (κ1) is 13.0. The first-order chi connectivity index (χ1) is 9.69. The highest BCUT2D eigenvalue weighted by Gasteiger charge is 2.27. The fraction of sp³-hybridized carbons (Fsp3) is 0.400. The Morgan fingerprint density at radius 2 is 1.90 bits per heavy atom. The van der Waals surface area contributed by atoms with Crippen LogP contribution in [0, 0.1) is 13.8 Å². The van der Waals surface area contributed by atoms with E-state index in [0.29, 0.717) is 12.5 Å². The van der Waals surface area contributed by atoms with E-state index in [1.807, 2.05) is 13.8 Å². The van der Waals surface area contributed by atoms with Gasteiger partial charge in [-0.25, -0.2) is 4.98 Å². The maximum atomic E-state index is 5.94. The summed E-state index contributed by atoms with van der Waals surface area (Å²) in [5.74, 6) is 0.679. The first-order valence-electron chi connectivity index (χ1n) is 6.90. The lowest BCUT2D eigenvalue weighted by molar-refractivity contribution is 0.544. The van der Waals surface area contributed by atoms with Gasteiger partial charge in [0.25, 0.3) is 0 Å². The predicted octanol–water partition coefficient (Wildman–Crippen LogP) is 1.38. The molecule has 0 bridgehead atoms. The quantitative estimate of drug-likeness (QED) is 0.892. The molecule has 0 aliphatic carbocycles. The fourth-order valence-corrected chi connectivity index (χ4v) is 2.60. The molecule has 0 saturated heterocycles. The lowest BCUT2D eigenvalue weighted by atomic mass is 9.94. The van der Waals surface area contributed by atoms with Crippen LogP contribution in [0.4, 0.5) is 5.95 Å². The molecular weight excluding hydrogens is 250 g/mol. The Balaban J connectivity index is 1.97. The van der Waals surface area contributed by atoms with Crippen LogP contribution in [0.15, 0.2) is 24.3 Å². The number of rotatable bonds is 2. The molecule has 3 rings (SSSR count). The van der Waals surface area contributed by atoms with Crippen molar-refractivity contribution in [1.82, 2.24) is 15.2 Å². The molecule has 2 N–H and O–H groups in total. The van der Waals surface area contributed by atoms with E-state index in [2.05, 4.69) is 44.3 Å². The van der Waals surface area contributed by atoms with Gasteiger partial charge < -0.3 is 10.6 Å². The molecule has 1 aliphatic rings. The first-order valence-corrected chi connectivity index (χ1v) is 6.90. The Labute approximate surface area is 118 Å². The average molecular weight is 269 g/mol. The Morgan fingerprint density at radius 3 is 2.60 bits per heavy atom. The van der Waals surface area contributed by atoms with Gasteiger partial charge in [0, 0.05) is 19.1 Å². The van der Waals surface area contributed by atoms with Gasteiger partial charge in [0.15, 0.2) is 0 Å². The van der Waals surface area contributed by atoms with Crippen molar-refractivity contribution in [1.29, 1.82) is 0 Å². The molecule has 0 fully saturated rings. The second-order valence-corrected chi connectivity index (χ2v) is 5.27. The highest BCUT2D eigenvalue weighted by Crippen LogP contribution is 2.25. The van der Waals surface area contributed by atoms with Crippen molar-refractivity contribution in [2.45, 2.75) is 32.9 Å². The second kappa shape index (κ2) is 5.17. The molecule has 5 heteroatoms. The minimum absolute atomic E-state index is 0.230. The zero-order chi connectivity index (χ0) is 14.1. The second-order valence-electron chi connectivity index (χ2n) is 5.27. The van der Waals surface area contributed by atoms with Crippen molar-refractivity contribution in [3.8, 4) is 0 Å². The van der Waals surface area contributed by atoms with Crippen LogP contribution in [-0.2, 0) is 13.0 Å². The van der Waals surface area contributed by atoms with Crippen LogP contribution >= 0.6 is 0 Å². The SMILES string of the molecule is Cc1nnc(N2Cc3ccccc3CC2CN)nc1C. The zero-order valence-corrected chi connectivity index (χ0v) is 11.9. The summed E-state index contributed by atoms with van der Waals surface area (Å²) in [6.45, 7) is 5.26. The fourth-order valence-electron chi connectivity index (χ4n) is 2.60. The van der Waals surface area contributed by atoms with Gasteiger partial charge in [-0.15, -0.1) is 5.10 Å². The molecule has 1 aliphatic heterocycles. The normalized spacial score (nSPS) is 17.9. The van der Waals surface area contributed by atoms with Gasteiger partial charge >= 0.3 is 0 Å². The number of nitrogens with zero attached hydrogens (tertiary/aromatic N) is 4. The van der Waals surface area contributed by atoms with Crippen LogP contribution in [0.3, 0.4) is 0 Å². The van der Waals surface area contributed by atoms with Crippen molar-refractivity contribution >= 4 is 5.95 Å². The third kappa shape index (κ3) is 2.25. The van der Waals surface area contributed by atoms with Gasteiger partial charge in [0.1, 0.15) is 0 Å². The van der Waals surface area contributed by atoms with Gasteiger partial charge in [-0.05, 0) is 31.4 Å². The molecule has 0 amide bonds. The van der Waals surface area contributed by atoms with E-state index >= 15 is 0 Å². The number of nitrogens with two attached hydrogens (primary N) is 1. The molecule has 104 valence electrons. The smallest absolute Gasteiger partial charge is 0.246 e. The lowest BCUT2D eigenvalue weighted by Gasteiger charge is -2.36. The van der Waals surface area contributed by atoms with Gasteiger partial charge in [-0.1, -0.05) is 24.3 Å². The van der Waals surface area contributed by atoms with Gasteiger partial charge in [0.2, 0.25) is 5.95 Å². The summed E-state index contributed by atoms with van der Waals surface area (Å²) in [4.78, 5) is 6.73. The van der Waals surface area contributed by atoms with E-state index in [1.165, 1.54) is 11.1 Å². The van der Waals surface area contributed by atoms with Crippen LogP contribution in [0.25, 0.3) is 0 Å². The maximum absolute atomic E-state index is 5.94. The predicted molar refractivity (Wildman–Crippen MR) is 78.5 cm³/mol. The third-order valence-corrected chi connectivity index (χ3v) is 3.97. The van der Waals surface area contributed by atoms with Gasteiger partial charge in [-0.2, -0.15) is 5.10 Å². The summed E-state index contributed by atoms with van der Waals surface area (Å²) < 4.78 is 0. The van der Waals surface area contributed by atoms with E-state index in [1.54, 1.807) is 0 Å². The molecule has 1 unspecified atom stereocenters. The van der Waals surface area contributed by atoms with E-state index in [9.17, 15) is 0 Å². The largest absolute Gasteiger partial charge is 0.331 e. The molecular formula is C15H19N5. The molecule has 1 aromatic heterocycles. The number of hydrogen-bond acceptors (Lipinski definition) is 5. The Hall–Kier alpha value is -2.01. The minimum atomic E-state index is 0.230. The number of benzene rings is 1. The topological polar surface area (TPSA) is 67.9 Å². The van der Waals surface area contributed by atoms with Crippen molar-refractivity contribution in [3.63, 3.8) is 0 Å². The van der Waals surface area contributed by atoms with Gasteiger partial charge in [0.05, 0.1) is 11.4 Å². The summed E-state index contributed by atoms with van der Waals surface area (Å²) in [5.41, 5.74) is 10.4. The van der Waals surface area contributed by atoms with Crippen LogP contribution < -0.4 is 10.6 Å². The number of anilines is 1. The van der Waals surface area contributed by atoms with Crippen LogP contribution in [0.2, 0.25) is 0 Å². The molecule has 0 radical (unpaired) electrons. The van der Waals surface area contributed by atoms with Crippen LogP contribution in [0.1, 0.15) is 22.5 Å². The number of aryl methyl sites for hydroxylation is 2. The molecule has 0 spiro atoms. The van der Waals surface area contributed by atoms with E-state index in [0.717, 1.165) is 24.4 Å². The summed E-state index contributed by atoms with van der Waals surface area (Å²) in [5, 5.41) is 8.43. The summed E-state index contributed by atoms with van der Waals surface area (Å²) in [6.07, 6.45) is 0.933. The summed E-state index contributed by atoms with van der Waals surface area (Å²) in [7, 11) is 0. The molecule has 2 aromatic rings. The maximum Gasteiger partial charge on any atom is 0.246 e. The lowest BCUT2D eigenvalue weighted by Crippen LogP contribution is -2.46. The van der Waals surface area contributed by atoms with Crippen LogP contribution in [-0.4, -0.2) is 27.8 Å². The van der Waals surface area contributed by atoms with Gasteiger partial charge in [-0.3, -0.25) is 0 Å².